The quantitative estimate of drug-likeness (QED) is 0.760. The third-order valence-electron chi connectivity index (χ3n) is 4.57. The molecule has 2 fully saturated rings. The molecule has 5 nitrogen and oxygen atoms in total. The van der Waals surface area contributed by atoms with Gasteiger partial charge in [-0.3, -0.25) is 14.6 Å². The molecule has 0 spiro atoms. The molecule has 0 aromatic heterocycles. The molecule has 1 aliphatic heterocycles. The van der Waals surface area contributed by atoms with Gasteiger partial charge < -0.3 is 10.6 Å². The van der Waals surface area contributed by atoms with Gasteiger partial charge in [-0.1, -0.05) is 0 Å². The number of nitrogens with two attached hydrogens (primary N) is 1. The molecule has 0 unspecified atom stereocenters. The molecule has 0 bridgehead atoms. The average Bonchev–Trinajstić information content (AvgIpc) is 3.22. The van der Waals surface area contributed by atoms with E-state index in [4.69, 9.17) is 5.73 Å². The molecule has 1 saturated carbocycles. The minimum absolute atomic E-state index is 0.0703. The summed E-state index contributed by atoms with van der Waals surface area (Å²) in [6, 6.07) is 0.518. The Bertz CT molecular complexity index is 319. The summed E-state index contributed by atoms with van der Waals surface area (Å²) < 4.78 is 0. The van der Waals surface area contributed by atoms with Crippen LogP contribution < -0.4 is 5.73 Å². The third kappa shape index (κ3) is 3.68. The molecule has 1 aliphatic carbocycles. The minimum atomic E-state index is 0.0703. The van der Waals surface area contributed by atoms with Crippen LogP contribution in [0, 0.1) is 0 Å². The summed E-state index contributed by atoms with van der Waals surface area (Å²) >= 11 is 0. The maximum Gasteiger partial charge on any atom is 0.236 e. The molecule has 0 atom stereocenters. The van der Waals surface area contributed by atoms with Crippen molar-refractivity contribution in [2.24, 2.45) is 5.73 Å². The lowest BCUT2D eigenvalue weighted by Gasteiger charge is -2.43. The van der Waals surface area contributed by atoms with E-state index in [-0.39, 0.29) is 11.4 Å². The Kier molecular flexibility index (Phi) is 4.48. The number of nitrogens with zero attached hydrogens (tertiary/aromatic N) is 3. The number of hydrogen-bond donors (Lipinski definition) is 1. The second-order valence-corrected chi connectivity index (χ2v) is 6.52. The number of piperazine rings is 1. The van der Waals surface area contributed by atoms with Gasteiger partial charge in [0.05, 0.1) is 6.54 Å². The summed E-state index contributed by atoms with van der Waals surface area (Å²) in [6.45, 7) is 9.57. The van der Waals surface area contributed by atoms with Gasteiger partial charge in [0.2, 0.25) is 5.91 Å². The Hall–Kier alpha value is -0.650. The Balaban J connectivity index is 1.75. The summed E-state index contributed by atoms with van der Waals surface area (Å²) in [5.41, 5.74) is 5.89. The molecule has 0 radical (unpaired) electrons. The number of carbonyl (C=O) groups excluding carboxylic acids is 1. The SMILES string of the molecule is CN(C(=O)CN1CCN(C(C)(C)CN)CC1)C1CC1. The first-order valence-corrected chi connectivity index (χ1v) is 7.37. The monoisotopic (exact) mass is 268 g/mol. The summed E-state index contributed by atoms with van der Waals surface area (Å²) in [5.74, 6) is 0.272. The van der Waals surface area contributed by atoms with Crippen LogP contribution in [-0.2, 0) is 4.79 Å². The lowest BCUT2D eigenvalue weighted by Crippen LogP contribution is -2.58. The zero-order valence-corrected chi connectivity index (χ0v) is 12.6. The van der Waals surface area contributed by atoms with Crippen molar-refractivity contribution in [3.05, 3.63) is 0 Å². The molecule has 2 aliphatic rings. The molecule has 1 amide bonds. The number of hydrogen-bond acceptors (Lipinski definition) is 4. The van der Waals surface area contributed by atoms with Crippen molar-refractivity contribution in [2.75, 3.05) is 46.3 Å². The molecule has 0 aromatic carbocycles. The van der Waals surface area contributed by atoms with E-state index in [9.17, 15) is 4.79 Å². The van der Waals surface area contributed by atoms with Crippen molar-refractivity contribution in [1.29, 1.82) is 0 Å². The molecular weight excluding hydrogens is 240 g/mol. The molecule has 1 saturated heterocycles. The van der Waals surface area contributed by atoms with Crippen LogP contribution in [0.5, 0.6) is 0 Å². The zero-order chi connectivity index (χ0) is 14.0. The molecular formula is C14H28N4O. The van der Waals surface area contributed by atoms with Crippen LogP contribution in [0.2, 0.25) is 0 Å². The summed E-state index contributed by atoms with van der Waals surface area (Å²) in [7, 11) is 1.94. The molecule has 5 heteroatoms. The molecule has 110 valence electrons. The van der Waals surface area contributed by atoms with Gasteiger partial charge in [0.25, 0.3) is 0 Å². The van der Waals surface area contributed by atoms with E-state index in [0.717, 1.165) is 26.2 Å². The Morgan fingerprint density at radius 2 is 1.84 bits per heavy atom. The highest BCUT2D eigenvalue weighted by molar-refractivity contribution is 5.78. The topological polar surface area (TPSA) is 52.8 Å². The highest BCUT2D eigenvalue weighted by atomic mass is 16.2. The van der Waals surface area contributed by atoms with E-state index in [1.54, 1.807) is 0 Å². The van der Waals surface area contributed by atoms with Crippen LogP contribution in [-0.4, -0.2) is 78.5 Å². The van der Waals surface area contributed by atoms with Crippen molar-refractivity contribution in [1.82, 2.24) is 14.7 Å². The normalized spacial score (nSPS) is 22.5. The van der Waals surface area contributed by atoms with E-state index in [0.29, 0.717) is 19.1 Å². The van der Waals surface area contributed by atoms with Crippen molar-refractivity contribution in [2.45, 2.75) is 38.3 Å². The van der Waals surface area contributed by atoms with E-state index in [1.165, 1.54) is 12.8 Å². The third-order valence-corrected chi connectivity index (χ3v) is 4.57. The number of carbonyl (C=O) groups is 1. The first kappa shape index (κ1) is 14.8. The van der Waals surface area contributed by atoms with Gasteiger partial charge in [0, 0.05) is 51.4 Å². The standard InChI is InChI=1S/C14H28N4O/c1-14(2,11-15)18-8-6-17(7-9-18)10-13(19)16(3)12-4-5-12/h12H,4-11,15H2,1-3H3. The van der Waals surface area contributed by atoms with Gasteiger partial charge in [-0.2, -0.15) is 0 Å². The second-order valence-electron chi connectivity index (χ2n) is 6.52. The highest BCUT2D eigenvalue weighted by Crippen LogP contribution is 2.25. The van der Waals surface area contributed by atoms with Crippen LogP contribution in [0.15, 0.2) is 0 Å². The first-order valence-electron chi connectivity index (χ1n) is 7.37. The van der Waals surface area contributed by atoms with Gasteiger partial charge >= 0.3 is 0 Å². The van der Waals surface area contributed by atoms with Crippen molar-refractivity contribution < 1.29 is 4.79 Å². The highest BCUT2D eigenvalue weighted by Gasteiger charge is 2.32. The fraction of sp³-hybridized carbons (Fsp3) is 0.929. The minimum Gasteiger partial charge on any atom is -0.342 e. The van der Waals surface area contributed by atoms with Crippen LogP contribution >= 0.6 is 0 Å². The fourth-order valence-corrected chi connectivity index (χ4v) is 2.61. The van der Waals surface area contributed by atoms with Gasteiger partial charge in [-0.25, -0.2) is 0 Å². The van der Waals surface area contributed by atoms with Crippen molar-refractivity contribution in [3.63, 3.8) is 0 Å². The Morgan fingerprint density at radius 1 is 1.26 bits per heavy atom. The van der Waals surface area contributed by atoms with Crippen molar-refractivity contribution in [3.8, 4) is 0 Å². The predicted octanol–water partition coefficient (Wildman–Crippen LogP) is -0.0379. The first-order chi connectivity index (χ1) is 8.94. The van der Waals surface area contributed by atoms with Crippen LogP contribution in [0.4, 0.5) is 0 Å². The predicted molar refractivity (Wildman–Crippen MR) is 76.9 cm³/mol. The van der Waals surface area contributed by atoms with Crippen molar-refractivity contribution >= 4 is 5.91 Å². The molecule has 1 heterocycles. The number of likely N-dealkylation sites (N-methyl/N-ethyl adjacent to an activating group) is 1. The van der Waals surface area contributed by atoms with E-state index < -0.39 is 0 Å². The molecule has 2 rings (SSSR count). The number of rotatable bonds is 5. The smallest absolute Gasteiger partial charge is 0.236 e. The second kappa shape index (κ2) is 5.77. The maximum atomic E-state index is 12.1. The van der Waals surface area contributed by atoms with Crippen LogP contribution in [0.25, 0.3) is 0 Å². The largest absolute Gasteiger partial charge is 0.342 e. The van der Waals surface area contributed by atoms with Gasteiger partial charge in [0.1, 0.15) is 0 Å². The molecule has 2 N–H and O–H groups in total. The lowest BCUT2D eigenvalue weighted by molar-refractivity contribution is -0.132. The maximum absolute atomic E-state index is 12.1. The molecule has 19 heavy (non-hydrogen) atoms. The Morgan fingerprint density at radius 3 is 2.32 bits per heavy atom. The number of amides is 1. The summed E-state index contributed by atoms with van der Waals surface area (Å²) in [6.07, 6.45) is 2.36. The molecule has 0 aromatic rings. The summed E-state index contributed by atoms with van der Waals surface area (Å²) in [4.78, 5) is 18.7. The Labute approximate surface area is 116 Å². The lowest BCUT2D eigenvalue weighted by atomic mass is 10.0. The van der Waals surface area contributed by atoms with Gasteiger partial charge in [-0.15, -0.1) is 0 Å². The summed E-state index contributed by atoms with van der Waals surface area (Å²) in [5, 5.41) is 0. The average molecular weight is 268 g/mol. The zero-order valence-electron chi connectivity index (χ0n) is 12.6. The van der Waals surface area contributed by atoms with Crippen LogP contribution in [0.3, 0.4) is 0 Å². The van der Waals surface area contributed by atoms with Crippen LogP contribution in [0.1, 0.15) is 26.7 Å². The van der Waals surface area contributed by atoms with E-state index in [2.05, 4.69) is 23.6 Å². The van der Waals surface area contributed by atoms with Gasteiger partial charge in [0.15, 0.2) is 0 Å². The fourth-order valence-electron chi connectivity index (χ4n) is 2.61. The van der Waals surface area contributed by atoms with E-state index >= 15 is 0 Å². The van der Waals surface area contributed by atoms with E-state index in [1.807, 2.05) is 11.9 Å². The van der Waals surface area contributed by atoms with Gasteiger partial charge in [-0.05, 0) is 26.7 Å².